The summed E-state index contributed by atoms with van der Waals surface area (Å²) in [5.74, 6) is 1.95. The molecule has 0 amide bonds. The van der Waals surface area contributed by atoms with Gasteiger partial charge in [-0.25, -0.2) is 9.97 Å². The van der Waals surface area contributed by atoms with Crippen molar-refractivity contribution in [2.24, 2.45) is 0 Å². The number of thiophene rings is 1. The van der Waals surface area contributed by atoms with Gasteiger partial charge in [0.15, 0.2) is 11.0 Å². The summed E-state index contributed by atoms with van der Waals surface area (Å²) >= 11 is 7.82. The average Bonchev–Trinajstić information content (AvgIpc) is 3.06. The van der Waals surface area contributed by atoms with E-state index >= 15 is 0 Å². The number of aromatic nitrogens is 2. The van der Waals surface area contributed by atoms with Gasteiger partial charge in [-0.05, 0) is 35.8 Å². The number of hydrogen-bond acceptors (Lipinski definition) is 5. The van der Waals surface area contributed by atoms with Gasteiger partial charge in [0.25, 0.3) is 0 Å². The Labute approximate surface area is 120 Å². The number of nitrogens with one attached hydrogen (secondary N) is 1. The van der Waals surface area contributed by atoms with Gasteiger partial charge in [0.1, 0.15) is 12.0 Å². The molecule has 2 bridgehead atoms. The smallest absolute Gasteiger partial charge is 0.157 e. The Morgan fingerprint density at radius 1 is 1.37 bits per heavy atom. The summed E-state index contributed by atoms with van der Waals surface area (Å²) in [5.41, 5.74) is 7.87. The SMILES string of the molecule is Nc1c(Cl)ncnc1NC1C[C@H]2C[C@@H]1c1ccsc12. The van der Waals surface area contributed by atoms with Crippen molar-refractivity contribution < 1.29 is 0 Å². The normalized spacial score (nSPS) is 27.5. The van der Waals surface area contributed by atoms with Crippen LogP contribution < -0.4 is 11.1 Å². The van der Waals surface area contributed by atoms with E-state index in [2.05, 4.69) is 26.7 Å². The van der Waals surface area contributed by atoms with Gasteiger partial charge in [-0.2, -0.15) is 0 Å². The Morgan fingerprint density at radius 2 is 2.26 bits per heavy atom. The minimum absolute atomic E-state index is 0.317. The molecule has 2 aromatic rings. The van der Waals surface area contributed by atoms with Gasteiger partial charge in [-0.1, -0.05) is 11.6 Å². The van der Waals surface area contributed by atoms with Crippen LogP contribution >= 0.6 is 22.9 Å². The van der Waals surface area contributed by atoms with E-state index in [1.165, 1.54) is 18.3 Å². The molecule has 0 saturated heterocycles. The van der Waals surface area contributed by atoms with Crippen molar-refractivity contribution in [1.82, 2.24) is 9.97 Å². The number of halogens is 1. The fourth-order valence-electron chi connectivity index (χ4n) is 3.39. The highest BCUT2D eigenvalue weighted by molar-refractivity contribution is 7.10. The fraction of sp³-hybridized carbons (Fsp3) is 0.385. The molecular formula is C13H13ClN4S. The van der Waals surface area contributed by atoms with E-state index in [0.717, 1.165) is 6.42 Å². The maximum absolute atomic E-state index is 5.93. The van der Waals surface area contributed by atoms with Crippen LogP contribution in [0, 0.1) is 0 Å². The van der Waals surface area contributed by atoms with Crippen molar-refractivity contribution in [3.8, 4) is 0 Å². The molecule has 2 aliphatic rings. The zero-order chi connectivity index (χ0) is 13.0. The minimum Gasteiger partial charge on any atom is -0.393 e. The van der Waals surface area contributed by atoms with Crippen LogP contribution in [-0.2, 0) is 0 Å². The molecule has 3 atom stereocenters. The molecule has 0 aliphatic heterocycles. The monoisotopic (exact) mass is 292 g/mol. The zero-order valence-corrected chi connectivity index (χ0v) is 11.7. The lowest BCUT2D eigenvalue weighted by Crippen LogP contribution is -2.25. The Morgan fingerprint density at radius 3 is 3.16 bits per heavy atom. The lowest BCUT2D eigenvalue weighted by atomic mass is 9.94. The Kier molecular flexibility index (Phi) is 2.47. The van der Waals surface area contributed by atoms with E-state index < -0.39 is 0 Å². The largest absolute Gasteiger partial charge is 0.393 e. The number of hydrogen-bond donors (Lipinski definition) is 2. The Hall–Kier alpha value is -1.33. The summed E-state index contributed by atoms with van der Waals surface area (Å²) in [4.78, 5) is 9.66. The highest BCUT2D eigenvalue weighted by Gasteiger charge is 2.44. The van der Waals surface area contributed by atoms with Gasteiger partial charge in [-0.3, -0.25) is 0 Å². The molecular weight excluding hydrogens is 280 g/mol. The summed E-state index contributed by atoms with van der Waals surface area (Å²) in [6.07, 6.45) is 3.85. The van der Waals surface area contributed by atoms with E-state index in [4.69, 9.17) is 17.3 Å². The number of fused-ring (bicyclic) bond motifs is 5. The third kappa shape index (κ3) is 1.65. The molecule has 1 saturated carbocycles. The van der Waals surface area contributed by atoms with E-state index in [9.17, 15) is 0 Å². The molecule has 1 unspecified atom stereocenters. The Balaban J connectivity index is 1.62. The number of nitrogens with two attached hydrogens (primary N) is 1. The van der Waals surface area contributed by atoms with Gasteiger partial charge in [-0.15, -0.1) is 11.3 Å². The first-order chi connectivity index (χ1) is 9.24. The number of anilines is 2. The molecule has 4 nitrogen and oxygen atoms in total. The first kappa shape index (κ1) is 11.5. The van der Waals surface area contributed by atoms with Crippen molar-refractivity contribution >= 4 is 34.4 Å². The average molecular weight is 293 g/mol. The fourth-order valence-corrected chi connectivity index (χ4v) is 4.62. The van der Waals surface area contributed by atoms with E-state index in [0.29, 0.717) is 34.5 Å². The molecule has 2 heterocycles. The van der Waals surface area contributed by atoms with E-state index in [1.807, 2.05) is 11.3 Å². The van der Waals surface area contributed by atoms with Gasteiger partial charge in [0, 0.05) is 16.8 Å². The maximum atomic E-state index is 5.93. The molecule has 19 heavy (non-hydrogen) atoms. The van der Waals surface area contributed by atoms with Gasteiger partial charge in [0.2, 0.25) is 0 Å². The van der Waals surface area contributed by atoms with Crippen LogP contribution in [0.3, 0.4) is 0 Å². The number of nitrogen functional groups attached to an aromatic ring is 1. The second-order valence-corrected chi connectivity index (χ2v) is 6.50. The van der Waals surface area contributed by atoms with E-state index in [-0.39, 0.29) is 0 Å². The highest BCUT2D eigenvalue weighted by atomic mass is 35.5. The molecule has 3 N–H and O–H groups in total. The first-order valence-corrected chi connectivity index (χ1v) is 7.59. The third-order valence-corrected chi connectivity index (χ3v) is 5.61. The van der Waals surface area contributed by atoms with Crippen molar-refractivity contribution in [1.29, 1.82) is 0 Å². The first-order valence-electron chi connectivity index (χ1n) is 6.34. The minimum atomic E-state index is 0.317. The van der Waals surface area contributed by atoms with Crippen LogP contribution in [0.15, 0.2) is 17.8 Å². The second-order valence-electron chi connectivity index (χ2n) is 5.19. The molecule has 98 valence electrons. The van der Waals surface area contributed by atoms with Gasteiger partial charge in [0.05, 0.1) is 0 Å². The molecule has 2 aromatic heterocycles. The molecule has 0 radical (unpaired) electrons. The van der Waals surface area contributed by atoms with E-state index in [1.54, 1.807) is 4.88 Å². The summed E-state index contributed by atoms with van der Waals surface area (Å²) in [6, 6.07) is 2.66. The molecule has 0 aromatic carbocycles. The lowest BCUT2D eigenvalue weighted by Gasteiger charge is -2.24. The summed E-state index contributed by atoms with van der Waals surface area (Å²) in [7, 11) is 0. The van der Waals surface area contributed by atoms with Crippen molar-refractivity contribution in [2.45, 2.75) is 30.7 Å². The van der Waals surface area contributed by atoms with Crippen LogP contribution in [-0.4, -0.2) is 16.0 Å². The van der Waals surface area contributed by atoms with Gasteiger partial charge >= 0.3 is 0 Å². The van der Waals surface area contributed by atoms with Crippen LogP contribution in [0.1, 0.15) is 35.1 Å². The predicted molar refractivity (Wildman–Crippen MR) is 77.9 cm³/mol. The Bertz CT molecular complexity index is 641. The summed E-state index contributed by atoms with van der Waals surface area (Å²) in [6.45, 7) is 0. The van der Waals surface area contributed by atoms with Crippen LogP contribution in [0.4, 0.5) is 11.5 Å². The predicted octanol–water partition coefficient (Wildman–Crippen LogP) is 3.23. The zero-order valence-electron chi connectivity index (χ0n) is 10.1. The highest BCUT2D eigenvalue weighted by Crippen LogP contribution is 2.55. The maximum Gasteiger partial charge on any atom is 0.157 e. The lowest BCUT2D eigenvalue weighted by molar-refractivity contribution is 0.636. The van der Waals surface area contributed by atoms with Crippen LogP contribution in [0.25, 0.3) is 0 Å². The second kappa shape index (κ2) is 4.08. The summed E-state index contributed by atoms with van der Waals surface area (Å²) < 4.78 is 0. The molecule has 6 heteroatoms. The molecule has 2 aliphatic carbocycles. The molecule has 4 rings (SSSR count). The standard InChI is InChI=1S/C13H13ClN4S/c14-12-10(15)13(17-5-16-12)18-9-4-6-3-8(9)7-1-2-19-11(6)7/h1-2,5-6,8-9H,3-4,15H2,(H,16,17,18)/t6-,8-,9?/m1/s1. The quantitative estimate of drug-likeness (QED) is 0.834. The van der Waals surface area contributed by atoms with Gasteiger partial charge < -0.3 is 11.1 Å². The van der Waals surface area contributed by atoms with Crippen LogP contribution in [0.5, 0.6) is 0 Å². The summed E-state index contributed by atoms with van der Waals surface area (Å²) in [5, 5.41) is 5.97. The number of nitrogens with zero attached hydrogens (tertiary/aromatic N) is 2. The third-order valence-electron chi connectivity index (χ3n) is 4.22. The van der Waals surface area contributed by atoms with Crippen molar-refractivity contribution in [3.63, 3.8) is 0 Å². The van der Waals surface area contributed by atoms with Crippen LogP contribution in [0.2, 0.25) is 5.15 Å². The molecule has 1 fully saturated rings. The number of rotatable bonds is 2. The molecule has 0 spiro atoms. The van der Waals surface area contributed by atoms with Crippen molar-refractivity contribution in [2.75, 3.05) is 11.1 Å². The van der Waals surface area contributed by atoms with Crippen molar-refractivity contribution in [3.05, 3.63) is 33.4 Å². The topological polar surface area (TPSA) is 63.8 Å².